The Hall–Kier alpha value is -4.08. The molecule has 0 radical (unpaired) electrons. The molecule has 3 rings (SSSR count). The number of hydrogen-bond donors (Lipinski definition) is 3. The molecular formula is C25H29N3O7. The van der Waals surface area contributed by atoms with Crippen molar-refractivity contribution in [3.63, 3.8) is 0 Å². The molecule has 3 N–H and O–H groups in total. The van der Waals surface area contributed by atoms with Gasteiger partial charge in [0.15, 0.2) is 0 Å². The average molecular weight is 484 g/mol. The highest BCUT2D eigenvalue weighted by Gasteiger charge is 2.31. The molecule has 0 spiro atoms. The first-order valence-corrected chi connectivity index (χ1v) is 11.1. The molecule has 0 aliphatic heterocycles. The standard InChI is InChI=1S/C25H29N3O7/c1-15(22(31)28(13-21(29)30)27-24(33)35-25(2,3)4)26-23(32)34-14-20-18-11-7-5-9-16(18)17-10-6-8-12-19(17)20/h5-12,15,20H,13-14H2,1-4H3,(H,26,32)(H,27,33)(H,29,30)/t15-/m0/s1. The zero-order valence-electron chi connectivity index (χ0n) is 20.0. The number of amides is 3. The van der Waals surface area contributed by atoms with Crippen molar-refractivity contribution in [1.29, 1.82) is 0 Å². The molecule has 35 heavy (non-hydrogen) atoms. The number of carboxylic acids is 1. The molecule has 0 saturated carbocycles. The molecule has 1 aliphatic rings. The number of fused-ring (bicyclic) bond motifs is 3. The third-order valence-electron chi connectivity index (χ3n) is 5.23. The molecule has 186 valence electrons. The third kappa shape index (κ3) is 6.50. The summed E-state index contributed by atoms with van der Waals surface area (Å²) >= 11 is 0. The van der Waals surface area contributed by atoms with Gasteiger partial charge in [-0.05, 0) is 49.9 Å². The van der Waals surface area contributed by atoms with E-state index in [1.807, 2.05) is 48.5 Å². The van der Waals surface area contributed by atoms with E-state index in [0.717, 1.165) is 22.3 Å². The molecule has 0 bridgehead atoms. The zero-order chi connectivity index (χ0) is 25.8. The van der Waals surface area contributed by atoms with E-state index in [-0.39, 0.29) is 12.5 Å². The second-order valence-electron chi connectivity index (χ2n) is 9.12. The molecule has 0 aromatic heterocycles. The molecule has 0 fully saturated rings. The van der Waals surface area contributed by atoms with Gasteiger partial charge in [0.2, 0.25) is 0 Å². The van der Waals surface area contributed by atoms with Crippen LogP contribution in [-0.2, 0) is 19.1 Å². The van der Waals surface area contributed by atoms with Gasteiger partial charge in [0.25, 0.3) is 5.91 Å². The van der Waals surface area contributed by atoms with Gasteiger partial charge in [-0.3, -0.25) is 9.59 Å². The van der Waals surface area contributed by atoms with E-state index >= 15 is 0 Å². The van der Waals surface area contributed by atoms with E-state index in [1.165, 1.54) is 6.92 Å². The highest BCUT2D eigenvalue weighted by Crippen LogP contribution is 2.44. The lowest BCUT2D eigenvalue weighted by molar-refractivity contribution is -0.147. The molecule has 1 atom stereocenters. The molecule has 10 heteroatoms. The summed E-state index contributed by atoms with van der Waals surface area (Å²) in [6.45, 7) is 5.45. The second-order valence-corrected chi connectivity index (χ2v) is 9.12. The number of aliphatic carboxylic acids is 1. The van der Waals surface area contributed by atoms with Gasteiger partial charge in [-0.1, -0.05) is 48.5 Å². The summed E-state index contributed by atoms with van der Waals surface area (Å²) in [4.78, 5) is 48.4. The number of nitrogens with zero attached hydrogens (tertiary/aromatic N) is 1. The topological polar surface area (TPSA) is 134 Å². The molecule has 3 amide bonds. The number of benzene rings is 2. The van der Waals surface area contributed by atoms with Crippen molar-refractivity contribution >= 4 is 24.1 Å². The Balaban J connectivity index is 1.61. The Kier molecular flexibility index (Phi) is 7.63. The van der Waals surface area contributed by atoms with Crippen molar-refractivity contribution in [3.05, 3.63) is 59.7 Å². The van der Waals surface area contributed by atoms with Crippen molar-refractivity contribution in [2.24, 2.45) is 0 Å². The Bertz CT molecular complexity index is 1080. The number of carboxylic acid groups (broad SMARTS) is 1. The van der Waals surface area contributed by atoms with Gasteiger partial charge in [-0.15, -0.1) is 0 Å². The Morgan fingerprint density at radius 1 is 0.971 bits per heavy atom. The van der Waals surface area contributed by atoms with E-state index in [4.69, 9.17) is 14.6 Å². The highest BCUT2D eigenvalue weighted by atomic mass is 16.6. The summed E-state index contributed by atoms with van der Waals surface area (Å²) in [5.41, 5.74) is 5.50. The number of nitrogens with one attached hydrogen (secondary N) is 2. The van der Waals surface area contributed by atoms with Crippen LogP contribution < -0.4 is 10.7 Å². The fourth-order valence-corrected chi connectivity index (χ4v) is 3.83. The van der Waals surface area contributed by atoms with Crippen molar-refractivity contribution in [2.75, 3.05) is 13.2 Å². The summed E-state index contributed by atoms with van der Waals surface area (Å²) in [6.07, 6.45) is -1.85. The molecule has 0 saturated heterocycles. The SMILES string of the molecule is C[C@H](NC(=O)OCC1c2ccccc2-c2ccccc21)C(=O)N(CC(=O)O)NC(=O)OC(C)(C)C. The zero-order valence-corrected chi connectivity index (χ0v) is 20.0. The van der Waals surface area contributed by atoms with Gasteiger partial charge in [-0.25, -0.2) is 20.0 Å². The van der Waals surface area contributed by atoms with E-state index < -0.39 is 42.3 Å². The minimum atomic E-state index is -1.36. The van der Waals surface area contributed by atoms with E-state index in [2.05, 4.69) is 10.7 Å². The smallest absolute Gasteiger partial charge is 0.426 e. The number of rotatable bonds is 6. The number of alkyl carbamates (subject to hydrolysis) is 1. The van der Waals surface area contributed by atoms with Gasteiger partial charge in [0.05, 0.1) is 0 Å². The van der Waals surface area contributed by atoms with Crippen LogP contribution in [-0.4, -0.2) is 59.0 Å². The van der Waals surface area contributed by atoms with Crippen LogP contribution in [0.15, 0.2) is 48.5 Å². The van der Waals surface area contributed by atoms with Crippen molar-refractivity contribution in [2.45, 2.75) is 45.3 Å². The first kappa shape index (κ1) is 25.5. The third-order valence-corrected chi connectivity index (χ3v) is 5.23. The van der Waals surface area contributed by atoms with Crippen molar-refractivity contribution in [1.82, 2.24) is 15.8 Å². The summed E-state index contributed by atoms with van der Waals surface area (Å²) in [7, 11) is 0. The maximum absolute atomic E-state index is 12.7. The summed E-state index contributed by atoms with van der Waals surface area (Å²) in [6, 6.07) is 14.6. The lowest BCUT2D eigenvalue weighted by Gasteiger charge is -2.27. The Morgan fingerprint density at radius 3 is 2.03 bits per heavy atom. The number of hydrazine groups is 1. The van der Waals surface area contributed by atoms with Crippen LogP contribution >= 0.6 is 0 Å². The number of carbonyl (C=O) groups is 4. The highest BCUT2D eigenvalue weighted by molar-refractivity contribution is 5.89. The normalized spacial score (nSPS) is 13.1. The van der Waals surface area contributed by atoms with Crippen LogP contribution in [0, 0.1) is 0 Å². The molecule has 1 aliphatic carbocycles. The van der Waals surface area contributed by atoms with E-state index in [0.29, 0.717) is 5.01 Å². The van der Waals surface area contributed by atoms with Crippen LogP contribution in [0.5, 0.6) is 0 Å². The average Bonchev–Trinajstić information content (AvgIpc) is 3.09. The summed E-state index contributed by atoms with van der Waals surface area (Å²) in [5.74, 6) is -2.37. The van der Waals surface area contributed by atoms with Gasteiger partial charge in [0, 0.05) is 5.92 Å². The van der Waals surface area contributed by atoms with Gasteiger partial charge < -0.3 is 19.9 Å². The maximum atomic E-state index is 12.7. The van der Waals surface area contributed by atoms with Crippen LogP contribution in [0.4, 0.5) is 9.59 Å². The van der Waals surface area contributed by atoms with Crippen LogP contribution in [0.2, 0.25) is 0 Å². The molecule has 2 aromatic carbocycles. The Labute approximate surface area is 203 Å². The van der Waals surface area contributed by atoms with E-state index in [9.17, 15) is 19.2 Å². The second kappa shape index (κ2) is 10.5. The minimum absolute atomic E-state index is 0.0514. The largest absolute Gasteiger partial charge is 0.480 e. The first-order valence-electron chi connectivity index (χ1n) is 11.1. The fourth-order valence-electron chi connectivity index (χ4n) is 3.83. The predicted molar refractivity (Wildman–Crippen MR) is 126 cm³/mol. The maximum Gasteiger partial charge on any atom is 0.426 e. The van der Waals surface area contributed by atoms with Crippen molar-refractivity contribution in [3.8, 4) is 11.1 Å². The van der Waals surface area contributed by atoms with Crippen LogP contribution in [0.3, 0.4) is 0 Å². The molecule has 0 heterocycles. The van der Waals surface area contributed by atoms with Crippen LogP contribution in [0.25, 0.3) is 11.1 Å². The molecule has 2 aromatic rings. The summed E-state index contributed by atoms with van der Waals surface area (Å²) < 4.78 is 10.5. The number of carbonyl (C=O) groups excluding carboxylic acids is 3. The molecule has 0 unspecified atom stereocenters. The van der Waals surface area contributed by atoms with Crippen molar-refractivity contribution < 1.29 is 33.8 Å². The van der Waals surface area contributed by atoms with Crippen LogP contribution in [0.1, 0.15) is 44.7 Å². The molecule has 10 nitrogen and oxygen atoms in total. The van der Waals surface area contributed by atoms with E-state index in [1.54, 1.807) is 20.8 Å². The number of hydrogen-bond acceptors (Lipinski definition) is 6. The minimum Gasteiger partial charge on any atom is -0.480 e. The monoisotopic (exact) mass is 483 g/mol. The lowest BCUT2D eigenvalue weighted by Crippen LogP contribution is -2.56. The summed E-state index contributed by atoms with van der Waals surface area (Å²) in [5, 5.41) is 12.1. The first-order chi connectivity index (χ1) is 16.5. The quantitative estimate of drug-likeness (QED) is 0.537. The number of ether oxygens (including phenoxy) is 2. The van der Waals surface area contributed by atoms with Gasteiger partial charge in [0.1, 0.15) is 24.8 Å². The van der Waals surface area contributed by atoms with Gasteiger partial charge >= 0.3 is 18.2 Å². The predicted octanol–water partition coefficient (Wildman–Crippen LogP) is 3.27. The Morgan fingerprint density at radius 2 is 1.51 bits per heavy atom. The lowest BCUT2D eigenvalue weighted by atomic mass is 9.98. The fraction of sp³-hybridized carbons (Fsp3) is 0.360. The molecular weight excluding hydrogens is 454 g/mol. The van der Waals surface area contributed by atoms with Gasteiger partial charge in [-0.2, -0.15) is 0 Å².